The van der Waals surface area contributed by atoms with Gasteiger partial charge in [-0.05, 0) is 34.1 Å². The van der Waals surface area contributed by atoms with Crippen molar-refractivity contribution in [2.75, 3.05) is 14.2 Å². The fraction of sp³-hybridized carbons (Fsp3) is 0.182. The van der Waals surface area contributed by atoms with E-state index in [2.05, 4.69) is 30.9 Å². The summed E-state index contributed by atoms with van der Waals surface area (Å²) in [5.74, 6) is 0.0750. The Kier molecular flexibility index (Phi) is 3.61. The van der Waals surface area contributed by atoms with Gasteiger partial charge in [-0.2, -0.15) is 0 Å². The molecule has 0 unspecified atom stereocenters. The van der Waals surface area contributed by atoms with Crippen LogP contribution in [0.3, 0.4) is 0 Å². The van der Waals surface area contributed by atoms with Gasteiger partial charge in [0.25, 0.3) is 0 Å². The smallest absolute Gasteiger partial charge is 0.396 e. The zero-order valence-electron chi connectivity index (χ0n) is 9.64. The summed E-state index contributed by atoms with van der Waals surface area (Å²) in [5.41, 5.74) is 0.672. The highest BCUT2D eigenvalue weighted by atomic mass is 79.9. The molecule has 0 aliphatic carbocycles. The second kappa shape index (κ2) is 5.18. The lowest BCUT2D eigenvalue weighted by atomic mass is 10.2. The minimum Gasteiger partial charge on any atom is -0.496 e. The van der Waals surface area contributed by atoms with Crippen LogP contribution in [0.25, 0.3) is 11.5 Å². The molecule has 2 aromatic rings. The summed E-state index contributed by atoms with van der Waals surface area (Å²) in [6.07, 6.45) is 0. The second-order valence-corrected chi connectivity index (χ2v) is 4.11. The van der Waals surface area contributed by atoms with E-state index in [0.29, 0.717) is 11.3 Å². The van der Waals surface area contributed by atoms with Crippen LogP contribution < -0.4 is 4.74 Å². The van der Waals surface area contributed by atoms with Crippen LogP contribution in [-0.2, 0) is 4.74 Å². The lowest BCUT2D eigenvalue weighted by molar-refractivity contribution is 0.0556. The van der Waals surface area contributed by atoms with E-state index in [1.54, 1.807) is 25.3 Å². The van der Waals surface area contributed by atoms with Gasteiger partial charge >= 0.3 is 11.9 Å². The summed E-state index contributed by atoms with van der Waals surface area (Å²) in [6.45, 7) is 0. The van der Waals surface area contributed by atoms with Gasteiger partial charge in [-0.1, -0.05) is 0 Å². The van der Waals surface area contributed by atoms with Crippen molar-refractivity contribution in [3.8, 4) is 17.2 Å². The van der Waals surface area contributed by atoms with Crippen LogP contribution in [-0.4, -0.2) is 30.4 Å². The fourth-order valence-corrected chi connectivity index (χ4v) is 1.85. The molecule has 0 N–H and O–H groups in total. The van der Waals surface area contributed by atoms with Crippen LogP contribution in [0, 0.1) is 0 Å². The maximum absolute atomic E-state index is 11.2. The zero-order chi connectivity index (χ0) is 13.1. The van der Waals surface area contributed by atoms with E-state index in [4.69, 9.17) is 9.15 Å². The van der Waals surface area contributed by atoms with Gasteiger partial charge in [0.1, 0.15) is 5.75 Å². The maximum atomic E-state index is 11.2. The SMILES string of the molecule is COC(=O)c1nnc(-c2ccc(OC)c(Br)c2)o1. The van der Waals surface area contributed by atoms with Gasteiger partial charge in [-0.15, -0.1) is 10.2 Å². The normalized spacial score (nSPS) is 10.2. The Bertz CT molecular complexity index is 582. The molecule has 18 heavy (non-hydrogen) atoms. The number of benzene rings is 1. The van der Waals surface area contributed by atoms with Crippen molar-refractivity contribution >= 4 is 21.9 Å². The average Bonchev–Trinajstić information content (AvgIpc) is 2.87. The molecule has 0 fully saturated rings. The summed E-state index contributed by atoms with van der Waals surface area (Å²) >= 11 is 3.35. The van der Waals surface area contributed by atoms with Crippen LogP contribution in [0.15, 0.2) is 27.1 Å². The Morgan fingerprint density at radius 3 is 2.72 bits per heavy atom. The Balaban J connectivity index is 2.34. The number of esters is 1. The molecule has 0 aliphatic rings. The third-order valence-electron chi connectivity index (χ3n) is 2.18. The van der Waals surface area contributed by atoms with Crippen molar-refractivity contribution in [2.24, 2.45) is 0 Å². The number of nitrogens with zero attached hydrogens (tertiary/aromatic N) is 2. The van der Waals surface area contributed by atoms with Crippen LogP contribution in [0.2, 0.25) is 0 Å². The molecule has 0 spiro atoms. The molecular weight excluding hydrogens is 304 g/mol. The molecule has 0 atom stereocenters. The molecule has 94 valence electrons. The molecule has 6 nitrogen and oxygen atoms in total. The number of methoxy groups -OCH3 is 2. The van der Waals surface area contributed by atoms with Crippen molar-refractivity contribution in [1.82, 2.24) is 10.2 Å². The first-order chi connectivity index (χ1) is 8.65. The predicted octanol–water partition coefficient (Wildman–Crippen LogP) is 2.29. The van der Waals surface area contributed by atoms with Crippen molar-refractivity contribution in [3.05, 3.63) is 28.6 Å². The van der Waals surface area contributed by atoms with Gasteiger partial charge in [0.05, 0.1) is 18.7 Å². The number of carbonyl (C=O) groups excluding carboxylic acids is 1. The molecule has 1 aromatic heterocycles. The van der Waals surface area contributed by atoms with E-state index in [-0.39, 0.29) is 11.8 Å². The van der Waals surface area contributed by atoms with Crippen molar-refractivity contribution < 1.29 is 18.7 Å². The molecule has 0 saturated heterocycles. The van der Waals surface area contributed by atoms with Gasteiger partial charge in [-0.3, -0.25) is 0 Å². The topological polar surface area (TPSA) is 74.5 Å². The van der Waals surface area contributed by atoms with E-state index in [1.807, 2.05) is 0 Å². The summed E-state index contributed by atoms with van der Waals surface area (Å²) in [5, 5.41) is 7.37. The number of hydrogen-bond donors (Lipinski definition) is 0. The minimum absolute atomic E-state index is 0.181. The van der Waals surface area contributed by atoms with E-state index >= 15 is 0 Å². The summed E-state index contributed by atoms with van der Waals surface area (Å²) < 4.78 is 15.5. The van der Waals surface area contributed by atoms with E-state index in [0.717, 1.165) is 4.47 Å². The standard InChI is InChI=1S/C11H9BrN2O4/c1-16-8-4-3-6(5-7(8)12)9-13-14-10(18-9)11(15)17-2/h3-5H,1-2H3. The first-order valence-electron chi connectivity index (χ1n) is 4.91. The fourth-order valence-electron chi connectivity index (χ4n) is 1.31. The van der Waals surface area contributed by atoms with Gasteiger partial charge in [-0.25, -0.2) is 4.79 Å². The number of rotatable bonds is 3. The third kappa shape index (κ3) is 2.35. The molecule has 0 bridgehead atoms. The van der Waals surface area contributed by atoms with Crippen LogP contribution >= 0.6 is 15.9 Å². The largest absolute Gasteiger partial charge is 0.496 e. The third-order valence-corrected chi connectivity index (χ3v) is 2.80. The van der Waals surface area contributed by atoms with Gasteiger partial charge < -0.3 is 13.9 Å². The monoisotopic (exact) mass is 312 g/mol. The lowest BCUT2D eigenvalue weighted by Crippen LogP contribution is -2.00. The summed E-state index contributed by atoms with van der Waals surface area (Å²) in [7, 11) is 2.82. The second-order valence-electron chi connectivity index (χ2n) is 3.25. The molecular formula is C11H9BrN2O4. The number of ether oxygens (including phenoxy) is 2. The molecule has 0 amide bonds. The van der Waals surface area contributed by atoms with Crippen molar-refractivity contribution in [2.45, 2.75) is 0 Å². The molecule has 2 rings (SSSR count). The van der Waals surface area contributed by atoms with Crippen LogP contribution in [0.5, 0.6) is 5.75 Å². The molecule has 1 heterocycles. The summed E-state index contributed by atoms with van der Waals surface area (Å²) in [6, 6.07) is 5.26. The number of hydrogen-bond acceptors (Lipinski definition) is 6. The van der Waals surface area contributed by atoms with Crippen molar-refractivity contribution in [3.63, 3.8) is 0 Å². The Morgan fingerprint density at radius 2 is 2.11 bits per heavy atom. The lowest BCUT2D eigenvalue weighted by Gasteiger charge is -2.03. The number of carbonyl (C=O) groups is 1. The quantitative estimate of drug-likeness (QED) is 0.809. The van der Waals surface area contributed by atoms with Crippen LogP contribution in [0.4, 0.5) is 0 Å². The Hall–Kier alpha value is -1.89. The van der Waals surface area contributed by atoms with E-state index < -0.39 is 5.97 Å². The predicted molar refractivity (Wildman–Crippen MR) is 65.3 cm³/mol. The van der Waals surface area contributed by atoms with Crippen molar-refractivity contribution in [1.29, 1.82) is 0 Å². The summed E-state index contributed by atoms with van der Waals surface area (Å²) in [4.78, 5) is 11.2. The van der Waals surface area contributed by atoms with Gasteiger partial charge in [0.15, 0.2) is 0 Å². The Labute approximate surface area is 111 Å². The maximum Gasteiger partial charge on any atom is 0.396 e. The highest BCUT2D eigenvalue weighted by Crippen LogP contribution is 2.29. The highest BCUT2D eigenvalue weighted by molar-refractivity contribution is 9.10. The molecule has 0 aliphatic heterocycles. The average molecular weight is 313 g/mol. The minimum atomic E-state index is -0.665. The molecule has 7 heteroatoms. The first kappa shape index (κ1) is 12.6. The first-order valence-corrected chi connectivity index (χ1v) is 5.70. The number of halogens is 1. The molecule has 1 aromatic carbocycles. The van der Waals surface area contributed by atoms with Gasteiger partial charge in [0, 0.05) is 5.56 Å². The van der Waals surface area contributed by atoms with E-state index in [1.165, 1.54) is 7.11 Å². The van der Waals surface area contributed by atoms with Gasteiger partial charge in [0.2, 0.25) is 5.89 Å². The highest BCUT2D eigenvalue weighted by Gasteiger charge is 2.16. The molecule has 0 saturated carbocycles. The van der Waals surface area contributed by atoms with E-state index in [9.17, 15) is 4.79 Å². The van der Waals surface area contributed by atoms with Crippen LogP contribution in [0.1, 0.15) is 10.7 Å². The molecule has 0 radical (unpaired) electrons. The zero-order valence-corrected chi connectivity index (χ0v) is 11.2. The Morgan fingerprint density at radius 1 is 1.33 bits per heavy atom. The number of aromatic nitrogens is 2.